The maximum Gasteiger partial charge on any atom is 0.240 e. The van der Waals surface area contributed by atoms with Crippen LogP contribution in [0.25, 0.3) is 0 Å². The molecule has 0 bridgehead atoms. The van der Waals surface area contributed by atoms with Crippen molar-refractivity contribution < 1.29 is 8.42 Å². The van der Waals surface area contributed by atoms with Gasteiger partial charge in [0.1, 0.15) is 5.82 Å². The van der Waals surface area contributed by atoms with Gasteiger partial charge < -0.3 is 4.57 Å². The standard InChI is InChI=1S/C19H29N5O2S/c1-3-23-12-9-20-19(23)16-24-14-13-22(15-17(24)2)11-10-21-27(25,26)18-7-5-4-6-8-18/h4-9,12,17,21H,3,10-11,13-16H2,1-2H3. The summed E-state index contributed by atoms with van der Waals surface area (Å²) in [6, 6.07) is 8.92. The maximum atomic E-state index is 12.3. The number of benzene rings is 1. The van der Waals surface area contributed by atoms with Crippen LogP contribution in [0, 0.1) is 0 Å². The van der Waals surface area contributed by atoms with Crippen LogP contribution in [0.4, 0.5) is 0 Å². The number of hydrogen-bond acceptors (Lipinski definition) is 5. The summed E-state index contributed by atoms with van der Waals surface area (Å²) in [7, 11) is -3.43. The van der Waals surface area contributed by atoms with E-state index in [0.717, 1.165) is 38.5 Å². The Hall–Kier alpha value is -1.74. The third-order valence-corrected chi connectivity index (χ3v) is 6.59. The first kappa shape index (κ1) is 20.0. The van der Waals surface area contributed by atoms with Gasteiger partial charge in [0.2, 0.25) is 10.0 Å². The Balaban J connectivity index is 1.46. The van der Waals surface area contributed by atoms with Crippen LogP contribution in [-0.2, 0) is 23.1 Å². The second kappa shape index (κ2) is 8.97. The molecule has 0 aliphatic carbocycles. The summed E-state index contributed by atoms with van der Waals surface area (Å²) in [5.41, 5.74) is 0. The van der Waals surface area contributed by atoms with E-state index in [1.165, 1.54) is 0 Å². The minimum atomic E-state index is -3.43. The van der Waals surface area contributed by atoms with Crippen LogP contribution in [-0.4, -0.2) is 66.5 Å². The number of aryl methyl sites for hydroxylation is 1. The zero-order valence-corrected chi connectivity index (χ0v) is 16.9. The molecule has 1 aliphatic heterocycles. The molecular formula is C19H29N5O2S. The highest BCUT2D eigenvalue weighted by molar-refractivity contribution is 7.89. The van der Waals surface area contributed by atoms with Gasteiger partial charge in [-0.05, 0) is 26.0 Å². The molecule has 0 spiro atoms. The molecule has 0 radical (unpaired) electrons. The molecule has 1 fully saturated rings. The maximum absolute atomic E-state index is 12.3. The van der Waals surface area contributed by atoms with Crippen molar-refractivity contribution >= 4 is 10.0 Å². The molecule has 1 aromatic carbocycles. The molecule has 0 amide bonds. The minimum Gasteiger partial charge on any atom is -0.334 e. The number of nitrogens with one attached hydrogen (secondary N) is 1. The van der Waals surface area contributed by atoms with Crippen molar-refractivity contribution in [2.24, 2.45) is 0 Å². The molecule has 0 saturated carbocycles. The van der Waals surface area contributed by atoms with Gasteiger partial charge in [0.15, 0.2) is 0 Å². The lowest BCUT2D eigenvalue weighted by Crippen LogP contribution is -2.52. The number of imidazole rings is 1. The lowest BCUT2D eigenvalue weighted by molar-refractivity contribution is 0.0763. The number of nitrogens with zero attached hydrogens (tertiary/aromatic N) is 4. The van der Waals surface area contributed by atoms with E-state index in [0.29, 0.717) is 24.0 Å². The van der Waals surface area contributed by atoms with Crippen LogP contribution in [0.15, 0.2) is 47.6 Å². The number of sulfonamides is 1. The summed E-state index contributed by atoms with van der Waals surface area (Å²) in [4.78, 5) is 9.55. The second-order valence-corrected chi connectivity index (χ2v) is 8.73. The number of rotatable bonds is 8. The Labute approximate surface area is 162 Å². The molecule has 1 N–H and O–H groups in total. The quantitative estimate of drug-likeness (QED) is 0.736. The number of piperazine rings is 1. The highest BCUT2D eigenvalue weighted by Crippen LogP contribution is 2.13. The zero-order valence-electron chi connectivity index (χ0n) is 16.1. The minimum absolute atomic E-state index is 0.314. The predicted molar refractivity (Wildman–Crippen MR) is 106 cm³/mol. The van der Waals surface area contributed by atoms with Crippen molar-refractivity contribution in [2.75, 3.05) is 32.7 Å². The monoisotopic (exact) mass is 391 g/mol. The fraction of sp³-hybridized carbons (Fsp3) is 0.526. The first-order valence-electron chi connectivity index (χ1n) is 9.50. The smallest absolute Gasteiger partial charge is 0.240 e. The number of aromatic nitrogens is 2. The van der Waals surface area contributed by atoms with Crippen molar-refractivity contribution in [1.82, 2.24) is 24.1 Å². The van der Waals surface area contributed by atoms with Crippen LogP contribution in [0.2, 0.25) is 0 Å². The van der Waals surface area contributed by atoms with Crippen LogP contribution >= 0.6 is 0 Å². The van der Waals surface area contributed by atoms with Crippen molar-refractivity contribution in [2.45, 2.75) is 37.9 Å². The van der Waals surface area contributed by atoms with Gasteiger partial charge in [0.05, 0.1) is 11.4 Å². The summed E-state index contributed by atoms with van der Waals surface area (Å²) in [6.45, 7) is 10.1. The molecule has 8 heteroatoms. The Kier molecular flexibility index (Phi) is 6.64. The van der Waals surface area contributed by atoms with E-state index in [4.69, 9.17) is 0 Å². The molecule has 2 aromatic rings. The fourth-order valence-electron chi connectivity index (χ4n) is 3.49. The molecule has 2 heterocycles. The first-order valence-corrected chi connectivity index (χ1v) is 11.0. The van der Waals surface area contributed by atoms with Crippen molar-refractivity contribution in [1.29, 1.82) is 0 Å². The van der Waals surface area contributed by atoms with Crippen LogP contribution in [0.3, 0.4) is 0 Å². The van der Waals surface area contributed by atoms with Gasteiger partial charge in [-0.15, -0.1) is 0 Å². The molecule has 1 aromatic heterocycles. The van der Waals surface area contributed by atoms with Crippen molar-refractivity contribution in [3.05, 3.63) is 48.5 Å². The van der Waals surface area contributed by atoms with E-state index in [9.17, 15) is 8.42 Å². The van der Waals surface area contributed by atoms with Crippen LogP contribution in [0.1, 0.15) is 19.7 Å². The fourth-order valence-corrected chi connectivity index (χ4v) is 4.53. The van der Waals surface area contributed by atoms with Crippen LogP contribution in [0.5, 0.6) is 0 Å². The molecule has 1 saturated heterocycles. The largest absolute Gasteiger partial charge is 0.334 e. The van der Waals surface area contributed by atoms with Crippen LogP contribution < -0.4 is 4.72 Å². The molecule has 27 heavy (non-hydrogen) atoms. The van der Waals surface area contributed by atoms with E-state index in [-0.39, 0.29) is 0 Å². The van der Waals surface area contributed by atoms with Crippen molar-refractivity contribution in [3.63, 3.8) is 0 Å². The highest BCUT2D eigenvalue weighted by atomic mass is 32.2. The lowest BCUT2D eigenvalue weighted by atomic mass is 10.2. The topological polar surface area (TPSA) is 70.5 Å². The van der Waals surface area contributed by atoms with Gasteiger partial charge in [0.25, 0.3) is 0 Å². The predicted octanol–water partition coefficient (Wildman–Crippen LogP) is 1.39. The summed E-state index contributed by atoms with van der Waals surface area (Å²) in [6.07, 6.45) is 3.88. The normalized spacial score (nSPS) is 19.4. The Bertz CT molecular complexity index is 822. The Morgan fingerprint density at radius 1 is 1.22 bits per heavy atom. The van der Waals surface area contributed by atoms with Gasteiger partial charge in [-0.25, -0.2) is 18.1 Å². The third kappa shape index (κ3) is 5.16. The molecule has 1 aliphatic rings. The Morgan fingerprint density at radius 2 is 2.00 bits per heavy atom. The van der Waals surface area contributed by atoms with E-state index < -0.39 is 10.0 Å². The average molecular weight is 392 g/mol. The van der Waals surface area contributed by atoms with Crippen molar-refractivity contribution in [3.8, 4) is 0 Å². The molecule has 3 rings (SSSR count). The first-order chi connectivity index (χ1) is 13.0. The average Bonchev–Trinajstić information content (AvgIpc) is 3.12. The van der Waals surface area contributed by atoms with Gasteiger partial charge >= 0.3 is 0 Å². The SMILES string of the molecule is CCn1ccnc1CN1CCN(CCNS(=O)(=O)c2ccccc2)CC1C. The summed E-state index contributed by atoms with van der Waals surface area (Å²) < 4.78 is 29.4. The summed E-state index contributed by atoms with van der Waals surface area (Å²) >= 11 is 0. The van der Waals surface area contributed by atoms with E-state index in [2.05, 4.69) is 37.9 Å². The van der Waals surface area contributed by atoms with Gasteiger partial charge in [-0.2, -0.15) is 0 Å². The molecule has 1 unspecified atom stereocenters. The van der Waals surface area contributed by atoms with Gasteiger partial charge in [-0.3, -0.25) is 9.80 Å². The lowest BCUT2D eigenvalue weighted by Gasteiger charge is -2.39. The molecule has 1 atom stereocenters. The Morgan fingerprint density at radius 3 is 2.70 bits per heavy atom. The van der Waals surface area contributed by atoms with E-state index in [1.807, 2.05) is 18.5 Å². The van der Waals surface area contributed by atoms with Gasteiger partial charge in [0, 0.05) is 57.7 Å². The molecular weight excluding hydrogens is 362 g/mol. The molecule has 148 valence electrons. The third-order valence-electron chi connectivity index (χ3n) is 5.11. The van der Waals surface area contributed by atoms with E-state index in [1.54, 1.807) is 24.3 Å². The number of hydrogen-bond donors (Lipinski definition) is 1. The second-order valence-electron chi connectivity index (χ2n) is 6.96. The summed E-state index contributed by atoms with van der Waals surface area (Å²) in [5, 5.41) is 0. The van der Waals surface area contributed by atoms with Gasteiger partial charge in [-0.1, -0.05) is 18.2 Å². The van der Waals surface area contributed by atoms with E-state index >= 15 is 0 Å². The highest BCUT2D eigenvalue weighted by Gasteiger charge is 2.24. The zero-order chi connectivity index (χ0) is 19.3. The molecule has 7 nitrogen and oxygen atoms in total. The summed E-state index contributed by atoms with van der Waals surface area (Å²) in [5.74, 6) is 1.11.